The maximum Gasteiger partial charge on any atom is 0.343 e. The highest BCUT2D eigenvalue weighted by Gasteiger charge is 2.19. The quantitative estimate of drug-likeness (QED) is 0.621. The Kier molecular flexibility index (Phi) is 5.44. The minimum Gasteiger partial charge on any atom is -0.403 e. The lowest BCUT2D eigenvalue weighted by Gasteiger charge is -2.22. The van der Waals surface area contributed by atoms with Crippen molar-refractivity contribution in [3.8, 4) is 11.5 Å². The van der Waals surface area contributed by atoms with E-state index >= 15 is 0 Å². The van der Waals surface area contributed by atoms with E-state index in [-0.39, 0.29) is 17.7 Å². The molecule has 1 aromatic carbocycles. The number of hydrazone groups is 1. The van der Waals surface area contributed by atoms with Gasteiger partial charge in [-0.15, -0.1) is 5.10 Å². The monoisotopic (exact) mass is 369 g/mol. The number of anilines is 1. The molecule has 1 aromatic heterocycles. The Labute approximate surface area is 156 Å². The van der Waals surface area contributed by atoms with Crippen molar-refractivity contribution >= 4 is 17.8 Å². The van der Waals surface area contributed by atoms with Crippen LogP contribution in [0, 0.1) is 11.7 Å². The molecule has 1 aliphatic rings. The molecular weight excluding hydrogens is 349 g/mol. The lowest BCUT2D eigenvalue weighted by Crippen LogP contribution is -2.27. The molecule has 1 heterocycles. The van der Waals surface area contributed by atoms with Crippen LogP contribution in [0.4, 0.5) is 15.2 Å². The Morgan fingerprint density at radius 1 is 1.33 bits per heavy atom. The van der Waals surface area contributed by atoms with Gasteiger partial charge in [-0.3, -0.25) is 5.32 Å². The van der Waals surface area contributed by atoms with E-state index in [2.05, 4.69) is 38.7 Å². The minimum atomic E-state index is -0.595. The van der Waals surface area contributed by atoms with E-state index in [1.807, 2.05) is 13.8 Å². The van der Waals surface area contributed by atoms with Gasteiger partial charge in [-0.2, -0.15) is 5.10 Å². The number of aromatic nitrogens is 2. The molecule has 0 aliphatic heterocycles. The summed E-state index contributed by atoms with van der Waals surface area (Å²) in [6, 6.07) is 4.91. The van der Waals surface area contributed by atoms with Crippen molar-refractivity contribution in [2.24, 2.45) is 11.0 Å². The molecular formula is C19H20FN5O2. The van der Waals surface area contributed by atoms with Crippen molar-refractivity contribution in [2.75, 3.05) is 5.32 Å². The van der Waals surface area contributed by atoms with Gasteiger partial charge < -0.3 is 4.42 Å². The first-order valence-electron chi connectivity index (χ1n) is 8.48. The highest BCUT2D eigenvalue weighted by Crippen LogP contribution is 2.26. The highest BCUT2D eigenvalue weighted by atomic mass is 19.1. The number of amides is 2. The van der Waals surface area contributed by atoms with Crippen LogP contribution < -0.4 is 10.7 Å². The van der Waals surface area contributed by atoms with Gasteiger partial charge in [-0.1, -0.05) is 23.3 Å². The second kappa shape index (κ2) is 7.94. The fraction of sp³-hybridized carbons (Fsp3) is 0.263. The van der Waals surface area contributed by atoms with Crippen LogP contribution in [-0.2, 0) is 0 Å². The van der Waals surface area contributed by atoms with Gasteiger partial charge in [0.15, 0.2) is 0 Å². The van der Waals surface area contributed by atoms with Crippen molar-refractivity contribution in [3.63, 3.8) is 0 Å². The van der Waals surface area contributed by atoms with Crippen LogP contribution in [0.5, 0.6) is 0 Å². The van der Waals surface area contributed by atoms with E-state index in [0.717, 1.165) is 29.7 Å². The van der Waals surface area contributed by atoms with E-state index in [4.69, 9.17) is 4.42 Å². The number of hydrogen-bond acceptors (Lipinski definition) is 5. The summed E-state index contributed by atoms with van der Waals surface area (Å²) in [5, 5.41) is 14.2. The summed E-state index contributed by atoms with van der Waals surface area (Å²) < 4.78 is 18.3. The number of nitrogens with one attached hydrogen (secondary N) is 2. The number of rotatable bonds is 4. The molecule has 2 aromatic rings. The Balaban J connectivity index is 1.61. The lowest BCUT2D eigenvalue weighted by atomic mass is 9.85. The maximum atomic E-state index is 13.0. The third-order valence-electron chi connectivity index (χ3n) is 4.33. The first-order valence-corrected chi connectivity index (χ1v) is 8.48. The molecule has 0 fully saturated rings. The molecule has 2 amide bonds. The zero-order valence-electron chi connectivity index (χ0n) is 15.1. The fourth-order valence-corrected chi connectivity index (χ4v) is 2.65. The number of nitrogens with zero attached hydrogens (tertiary/aromatic N) is 3. The second-order valence-corrected chi connectivity index (χ2v) is 6.41. The van der Waals surface area contributed by atoms with Crippen LogP contribution in [-0.4, -0.2) is 21.9 Å². The summed E-state index contributed by atoms with van der Waals surface area (Å²) in [4.78, 5) is 12.0. The third-order valence-corrected chi connectivity index (χ3v) is 4.33. The normalized spacial score (nSPS) is 18.1. The van der Waals surface area contributed by atoms with Gasteiger partial charge in [0.05, 0.1) is 5.71 Å². The topological polar surface area (TPSA) is 92.4 Å². The number of hydrogen-bond donors (Lipinski definition) is 2. The predicted molar refractivity (Wildman–Crippen MR) is 101 cm³/mol. The molecule has 1 unspecified atom stereocenters. The molecule has 27 heavy (non-hydrogen) atoms. The standard InChI is InChI=1S/C19H20FN5O2/c1-11(2)14-5-4-12(3)16(10-14)22-24-18(26)21-19-25-23-17(27-19)13-6-8-15(20)9-7-13/h4,6-9,14H,1,5,10H2,2-3H3,(H2,21,24,25,26)/b22-16+. The highest BCUT2D eigenvalue weighted by molar-refractivity contribution is 6.01. The van der Waals surface area contributed by atoms with E-state index in [0.29, 0.717) is 11.5 Å². The Bertz CT molecular complexity index is 914. The number of halogens is 1. The second-order valence-electron chi connectivity index (χ2n) is 6.41. The summed E-state index contributed by atoms with van der Waals surface area (Å²) in [6.07, 6.45) is 3.75. The van der Waals surface area contributed by atoms with Crippen LogP contribution in [0.25, 0.3) is 11.5 Å². The van der Waals surface area contributed by atoms with Gasteiger partial charge in [0.25, 0.3) is 0 Å². The van der Waals surface area contributed by atoms with E-state index in [9.17, 15) is 9.18 Å². The minimum absolute atomic E-state index is 0.0808. The molecule has 2 N–H and O–H groups in total. The summed E-state index contributed by atoms with van der Waals surface area (Å²) in [6.45, 7) is 7.94. The van der Waals surface area contributed by atoms with Crippen LogP contribution >= 0.6 is 0 Å². The lowest BCUT2D eigenvalue weighted by molar-refractivity contribution is 0.252. The summed E-state index contributed by atoms with van der Waals surface area (Å²) in [5.41, 5.74) is 5.92. The van der Waals surface area contributed by atoms with Crippen molar-refractivity contribution < 1.29 is 13.6 Å². The molecule has 8 heteroatoms. The Morgan fingerprint density at radius 2 is 2.07 bits per heavy atom. The molecule has 0 bridgehead atoms. The van der Waals surface area contributed by atoms with Crippen LogP contribution in [0.3, 0.4) is 0 Å². The molecule has 1 aliphatic carbocycles. The molecule has 0 radical (unpaired) electrons. The summed E-state index contributed by atoms with van der Waals surface area (Å²) in [5.74, 6) is 0.134. The van der Waals surface area contributed by atoms with E-state index in [1.165, 1.54) is 24.3 Å². The van der Waals surface area contributed by atoms with Crippen LogP contribution in [0.15, 0.2) is 57.6 Å². The average Bonchev–Trinajstić information content (AvgIpc) is 3.09. The SMILES string of the molecule is C=C(C)C1CC=C(C)/C(=N/NC(=O)Nc2nnc(-c3ccc(F)cc3)o2)C1. The van der Waals surface area contributed by atoms with Crippen LogP contribution in [0.1, 0.15) is 26.7 Å². The number of urea groups is 1. The van der Waals surface area contributed by atoms with Crippen molar-refractivity contribution in [3.05, 3.63) is 53.9 Å². The van der Waals surface area contributed by atoms with Crippen molar-refractivity contribution in [2.45, 2.75) is 26.7 Å². The predicted octanol–water partition coefficient (Wildman–Crippen LogP) is 4.29. The average molecular weight is 369 g/mol. The van der Waals surface area contributed by atoms with E-state index in [1.54, 1.807) is 0 Å². The molecule has 1 atom stereocenters. The zero-order valence-corrected chi connectivity index (χ0v) is 15.1. The van der Waals surface area contributed by atoms with Gasteiger partial charge in [0.2, 0.25) is 5.89 Å². The van der Waals surface area contributed by atoms with Gasteiger partial charge >= 0.3 is 12.0 Å². The fourth-order valence-electron chi connectivity index (χ4n) is 2.65. The molecule has 0 spiro atoms. The van der Waals surface area contributed by atoms with Gasteiger partial charge in [0, 0.05) is 5.56 Å². The smallest absolute Gasteiger partial charge is 0.343 e. The Morgan fingerprint density at radius 3 is 2.78 bits per heavy atom. The maximum absolute atomic E-state index is 13.0. The molecule has 7 nitrogen and oxygen atoms in total. The zero-order chi connectivity index (χ0) is 19.4. The summed E-state index contributed by atoms with van der Waals surface area (Å²) >= 11 is 0. The molecule has 0 saturated heterocycles. The molecule has 0 saturated carbocycles. The van der Waals surface area contributed by atoms with Crippen molar-refractivity contribution in [1.82, 2.24) is 15.6 Å². The van der Waals surface area contributed by atoms with Gasteiger partial charge in [0.1, 0.15) is 5.82 Å². The van der Waals surface area contributed by atoms with Gasteiger partial charge in [-0.05, 0) is 62.4 Å². The molecule has 3 rings (SSSR count). The number of benzene rings is 1. The third kappa shape index (κ3) is 4.66. The molecule has 140 valence electrons. The van der Waals surface area contributed by atoms with E-state index < -0.39 is 6.03 Å². The number of carbonyl (C=O) groups is 1. The Hall–Kier alpha value is -3.29. The first-order chi connectivity index (χ1) is 12.9. The summed E-state index contributed by atoms with van der Waals surface area (Å²) in [7, 11) is 0. The number of carbonyl (C=O) groups excluding carboxylic acids is 1. The van der Waals surface area contributed by atoms with Crippen molar-refractivity contribution in [1.29, 1.82) is 0 Å². The largest absolute Gasteiger partial charge is 0.403 e. The van der Waals surface area contributed by atoms with Crippen LogP contribution in [0.2, 0.25) is 0 Å². The van der Waals surface area contributed by atoms with Gasteiger partial charge in [-0.25, -0.2) is 14.6 Å². The first kappa shape index (κ1) is 18.5. The number of allylic oxidation sites excluding steroid dienone is 3.